The molecule has 0 spiro atoms. The van der Waals surface area contributed by atoms with Gasteiger partial charge in [-0.1, -0.05) is 19.9 Å². The molecule has 1 aromatic carbocycles. The van der Waals surface area contributed by atoms with Crippen molar-refractivity contribution in [2.24, 2.45) is 11.3 Å². The Labute approximate surface area is 325 Å². The van der Waals surface area contributed by atoms with E-state index in [4.69, 9.17) is 24.2 Å². The second-order valence-corrected chi connectivity index (χ2v) is 17.4. The summed E-state index contributed by atoms with van der Waals surface area (Å²) in [5.74, 6) is -0.404. The third-order valence-corrected chi connectivity index (χ3v) is 12.7. The van der Waals surface area contributed by atoms with Gasteiger partial charge in [-0.15, -0.1) is 11.3 Å². The normalized spacial score (nSPS) is 25.9. The Bertz CT molecular complexity index is 2130. The van der Waals surface area contributed by atoms with Crippen LogP contribution in [0.1, 0.15) is 69.8 Å². The van der Waals surface area contributed by atoms with Crippen LogP contribution in [-0.2, 0) is 43.2 Å². The predicted molar refractivity (Wildman–Crippen MR) is 209 cm³/mol. The van der Waals surface area contributed by atoms with Crippen LogP contribution in [0.25, 0.3) is 33.4 Å². The molecule has 7 heterocycles. The molecule has 5 atom stereocenters. The number of aryl methyl sites for hydroxylation is 1. The zero-order valence-electron chi connectivity index (χ0n) is 32.5. The lowest BCUT2D eigenvalue weighted by molar-refractivity contribution is -0.162. The Balaban J connectivity index is 1.23. The molecular formula is C41H51N7O6S. The van der Waals surface area contributed by atoms with Crippen molar-refractivity contribution >= 4 is 40.1 Å². The van der Waals surface area contributed by atoms with Gasteiger partial charge < -0.3 is 29.0 Å². The van der Waals surface area contributed by atoms with Gasteiger partial charge in [-0.2, -0.15) is 0 Å². The van der Waals surface area contributed by atoms with Crippen molar-refractivity contribution in [3.8, 4) is 22.5 Å². The summed E-state index contributed by atoms with van der Waals surface area (Å²) in [5, 5.41) is 8.36. The molecule has 4 aliphatic heterocycles. The Morgan fingerprint density at radius 1 is 1.20 bits per heavy atom. The van der Waals surface area contributed by atoms with E-state index in [1.807, 2.05) is 18.4 Å². The number of methoxy groups -OCH3 is 1. The van der Waals surface area contributed by atoms with Gasteiger partial charge in [0.2, 0.25) is 0 Å². The molecule has 14 heteroatoms. The van der Waals surface area contributed by atoms with Gasteiger partial charge in [-0.25, -0.2) is 20.0 Å². The van der Waals surface area contributed by atoms with Crippen LogP contribution in [0.15, 0.2) is 41.9 Å². The van der Waals surface area contributed by atoms with Crippen molar-refractivity contribution in [1.82, 2.24) is 35.2 Å². The lowest BCUT2D eigenvalue weighted by Crippen LogP contribution is -2.67. The first-order valence-electron chi connectivity index (χ1n) is 19.4. The third kappa shape index (κ3) is 6.91. The number of carbonyl (C=O) groups is 3. The minimum atomic E-state index is -1.14. The van der Waals surface area contributed by atoms with E-state index in [1.165, 1.54) is 16.3 Å². The lowest BCUT2D eigenvalue weighted by Gasteiger charge is -2.44. The standard InChI is InChI=1S/C41H51N7O6S/c1-7-46-32-12-11-25-16-28(32)29(36(46)27-10-8-14-42-35(27)24(2)52-6)18-40(3,4)23-54-38(50)41(5)13-9-15-48(45-41)37(49)30(17-34-43-31(25)22-55-34)44-39(51)47-19-26-20-53-21-33(26)47/h8,10-12,14,16,22,24,26,30,33,45H,7,9,13,15,17-21,23H2,1-6H3,(H,44,51)/t24-,26-,30-,33+,41+/m0/s1. The number of rotatable bonds is 5. The molecule has 8 rings (SSSR count). The average Bonchev–Trinajstić information content (AvgIpc) is 3.87. The number of thiazole rings is 1. The highest BCUT2D eigenvalue weighted by atomic mass is 32.1. The maximum Gasteiger partial charge on any atom is 0.327 e. The van der Waals surface area contributed by atoms with Gasteiger partial charge in [0.15, 0.2) is 0 Å². The molecule has 3 amide bonds. The number of nitrogens with one attached hydrogen (secondary N) is 2. The molecule has 3 saturated heterocycles. The molecular weight excluding hydrogens is 719 g/mol. The minimum absolute atomic E-state index is 0.0206. The van der Waals surface area contributed by atoms with Gasteiger partial charge in [-0.3, -0.25) is 14.8 Å². The molecule has 4 aliphatic rings. The number of esters is 1. The van der Waals surface area contributed by atoms with Crippen molar-refractivity contribution < 1.29 is 28.6 Å². The number of pyridine rings is 1. The maximum atomic E-state index is 14.3. The van der Waals surface area contributed by atoms with Gasteiger partial charge in [0, 0.05) is 78.1 Å². The second kappa shape index (κ2) is 14.6. The van der Waals surface area contributed by atoms with E-state index in [2.05, 4.69) is 60.3 Å². The summed E-state index contributed by atoms with van der Waals surface area (Å²) in [7, 11) is 1.70. The highest BCUT2D eigenvalue weighted by Crippen LogP contribution is 2.42. The SMILES string of the molecule is CCn1c(-c2cccnc2[C@H](C)OC)c2c3cc(ccc31)-c1csc(n1)C[C@H](NC(=O)N1C[C@H]3COC[C@H]31)C(=O)N1CCC[C@@](C)(N1)C(=O)OCC(C)(C)C2. The first-order valence-corrected chi connectivity index (χ1v) is 20.3. The molecule has 13 nitrogen and oxygen atoms in total. The van der Waals surface area contributed by atoms with Crippen LogP contribution >= 0.6 is 11.3 Å². The van der Waals surface area contributed by atoms with Gasteiger partial charge in [0.05, 0.1) is 54.1 Å². The van der Waals surface area contributed by atoms with Crippen LogP contribution in [0.5, 0.6) is 0 Å². The van der Waals surface area contributed by atoms with Gasteiger partial charge in [0.1, 0.15) is 11.6 Å². The van der Waals surface area contributed by atoms with Gasteiger partial charge >= 0.3 is 12.0 Å². The number of cyclic esters (lactones) is 1. The maximum absolute atomic E-state index is 14.3. The molecule has 292 valence electrons. The molecule has 4 aromatic rings. The first-order chi connectivity index (χ1) is 26.4. The zero-order valence-corrected chi connectivity index (χ0v) is 33.3. The number of benzene rings is 1. The number of fused-ring (bicyclic) bond motifs is 7. The molecule has 6 bridgehead atoms. The Morgan fingerprint density at radius 2 is 2.04 bits per heavy atom. The van der Waals surface area contributed by atoms with Gasteiger partial charge in [0.25, 0.3) is 5.91 Å². The summed E-state index contributed by atoms with van der Waals surface area (Å²) in [6.07, 6.45) is 3.48. The van der Waals surface area contributed by atoms with Gasteiger partial charge in [-0.05, 0) is 69.9 Å². The Morgan fingerprint density at radius 3 is 2.82 bits per heavy atom. The average molecular weight is 770 g/mol. The number of hydrogen-bond acceptors (Lipinski definition) is 10. The van der Waals surface area contributed by atoms with Crippen LogP contribution in [-0.4, -0.2) is 100.0 Å². The largest absolute Gasteiger partial charge is 0.464 e. The smallest absolute Gasteiger partial charge is 0.327 e. The van der Waals surface area contributed by atoms with Crippen LogP contribution in [0, 0.1) is 11.3 Å². The lowest BCUT2D eigenvalue weighted by atomic mass is 9.84. The summed E-state index contributed by atoms with van der Waals surface area (Å²) < 4.78 is 19.9. The molecule has 0 unspecified atom stereocenters. The second-order valence-electron chi connectivity index (χ2n) is 16.4. The summed E-state index contributed by atoms with van der Waals surface area (Å²) in [4.78, 5) is 53.6. The molecule has 0 saturated carbocycles. The van der Waals surface area contributed by atoms with E-state index >= 15 is 0 Å². The summed E-state index contributed by atoms with van der Waals surface area (Å²) >= 11 is 1.47. The Kier molecular flexibility index (Phi) is 9.97. The van der Waals surface area contributed by atoms with Crippen molar-refractivity contribution in [3.05, 3.63) is 58.2 Å². The van der Waals surface area contributed by atoms with E-state index in [-0.39, 0.29) is 37.1 Å². The number of hydrazine groups is 1. The number of likely N-dealkylation sites (tertiary alicyclic amines) is 1. The summed E-state index contributed by atoms with van der Waals surface area (Å²) in [6, 6.07) is 9.35. The molecule has 3 fully saturated rings. The molecule has 2 N–H and O–H groups in total. The number of nitrogens with zero attached hydrogens (tertiary/aromatic N) is 5. The minimum Gasteiger partial charge on any atom is -0.464 e. The number of aromatic nitrogens is 3. The predicted octanol–water partition coefficient (Wildman–Crippen LogP) is 5.52. The third-order valence-electron chi connectivity index (χ3n) is 11.8. The summed E-state index contributed by atoms with van der Waals surface area (Å²) in [6.45, 7) is 13.2. The fourth-order valence-corrected chi connectivity index (χ4v) is 9.49. The van der Waals surface area contributed by atoms with Crippen LogP contribution in [0.4, 0.5) is 4.79 Å². The van der Waals surface area contributed by atoms with Crippen LogP contribution in [0.3, 0.4) is 0 Å². The van der Waals surface area contributed by atoms with Crippen molar-refractivity contribution in [3.63, 3.8) is 0 Å². The molecule has 55 heavy (non-hydrogen) atoms. The number of ether oxygens (including phenoxy) is 3. The fourth-order valence-electron chi connectivity index (χ4n) is 8.64. The summed E-state index contributed by atoms with van der Waals surface area (Å²) in [5.41, 5.74) is 8.52. The van der Waals surface area contributed by atoms with E-state index in [9.17, 15) is 14.4 Å². The molecule has 0 radical (unpaired) electrons. The fraction of sp³-hybridized carbons (Fsp3) is 0.537. The van der Waals surface area contributed by atoms with E-state index < -0.39 is 23.0 Å². The van der Waals surface area contributed by atoms with Crippen molar-refractivity contribution in [2.75, 3.05) is 40.0 Å². The van der Waals surface area contributed by atoms with Crippen LogP contribution < -0.4 is 10.7 Å². The number of hydrogen-bond donors (Lipinski definition) is 2. The molecule has 3 aromatic heterocycles. The zero-order chi connectivity index (χ0) is 38.6. The van der Waals surface area contributed by atoms with Crippen molar-refractivity contribution in [2.45, 2.75) is 90.6 Å². The van der Waals surface area contributed by atoms with Crippen LogP contribution in [0.2, 0.25) is 0 Å². The molecule has 0 aliphatic carbocycles. The highest BCUT2D eigenvalue weighted by molar-refractivity contribution is 7.10. The highest BCUT2D eigenvalue weighted by Gasteiger charge is 2.47. The van der Waals surface area contributed by atoms with E-state index in [1.54, 1.807) is 25.1 Å². The quantitative estimate of drug-likeness (QED) is 0.252. The number of amides is 3. The van der Waals surface area contributed by atoms with Crippen molar-refractivity contribution in [1.29, 1.82) is 0 Å². The van der Waals surface area contributed by atoms with E-state index in [0.29, 0.717) is 51.5 Å². The topological polar surface area (TPSA) is 140 Å². The number of carbonyl (C=O) groups excluding carboxylic acids is 3. The monoisotopic (exact) mass is 769 g/mol. The van der Waals surface area contributed by atoms with E-state index in [0.717, 1.165) is 56.2 Å². The number of urea groups is 1. The first kappa shape index (κ1) is 37.5. The Hall–Kier alpha value is -4.37.